The van der Waals surface area contributed by atoms with Gasteiger partial charge in [0.15, 0.2) is 0 Å². The van der Waals surface area contributed by atoms with Crippen molar-refractivity contribution in [3.8, 4) is 0 Å². The number of nitrogens with one attached hydrogen (secondary N) is 1. The Labute approximate surface area is 113 Å². The number of carbonyl (C=O) groups excluding carboxylic acids is 1. The van der Waals surface area contributed by atoms with Gasteiger partial charge in [0.25, 0.3) is 0 Å². The minimum absolute atomic E-state index is 0.276. The van der Waals surface area contributed by atoms with E-state index in [2.05, 4.69) is 21.2 Å². The van der Waals surface area contributed by atoms with Crippen molar-refractivity contribution in [2.45, 2.75) is 18.9 Å². The number of rotatable bonds is 2. The van der Waals surface area contributed by atoms with Crippen LogP contribution in [0.5, 0.6) is 0 Å². The highest BCUT2D eigenvalue weighted by Crippen LogP contribution is 2.24. The molecular formula is C12H13BrN2O3. The molecule has 1 atom stereocenters. The van der Waals surface area contributed by atoms with Crippen molar-refractivity contribution in [3.05, 3.63) is 28.7 Å². The van der Waals surface area contributed by atoms with E-state index in [-0.39, 0.29) is 5.91 Å². The number of amides is 2. The predicted molar refractivity (Wildman–Crippen MR) is 70.5 cm³/mol. The van der Waals surface area contributed by atoms with Crippen molar-refractivity contribution < 1.29 is 14.7 Å². The molecule has 2 rings (SSSR count). The zero-order chi connectivity index (χ0) is 13.1. The number of para-hydroxylation sites is 1. The Hall–Kier alpha value is -1.56. The smallest absolute Gasteiger partial charge is 0.407 e. The van der Waals surface area contributed by atoms with E-state index in [1.165, 1.54) is 4.90 Å². The first kappa shape index (κ1) is 12.9. The highest BCUT2D eigenvalue weighted by molar-refractivity contribution is 9.10. The van der Waals surface area contributed by atoms with Crippen molar-refractivity contribution >= 4 is 33.6 Å². The van der Waals surface area contributed by atoms with Gasteiger partial charge in [0, 0.05) is 11.0 Å². The lowest BCUT2D eigenvalue weighted by Crippen LogP contribution is -2.42. The number of carboxylic acid groups (broad SMARTS) is 1. The molecule has 5 nitrogen and oxygen atoms in total. The van der Waals surface area contributed by atoms with Crippen LogP contribution in [-0.4, -0.2) is 34.6 Å². The van der Waals surface area contributed by atoms with Crippen LogP contribution in [0.2, 0.25) is 0 Å². The van der Waals surface area contributed by atoms with Crippen LogP contribution in [0.3, 0.4) is 0 Å². The third-order valence-corrected chi connectivity index (χ3v) is 3.62. The van der Waals surface area contributed by atoms with Gasteiger partial charge < -0.3 is 10.4 Å². The summed E-state index contributed by atoms with van der Waals surface area (Å²) in [5, 5.41) is 11.7. The van der Waals surface area contributed by atoms with Gasteiger partial charge in [-0.25, -0.2) is 4.79 Å². The second-order valence-electron chi connectivity index (χ2n) is 4.10. The molecule has 2 N–H and O–H groups in total. The zero-order valence-corrected chi connectivity index (χ0v) is 11.2. The molecule has 1 saturated heterocycles. The second kappa shape index (κ2) is 5.39. The standard InChI is InChI=1S/C12H13BrN2O3/c13-8-4-1-2-5-9(8)14-11(16)10-6-3-7-15(10)12(17)18/h1-2,4-5,10H,3,6-7H2,(H,14,16)(H,17,18)/t10-/m1/s1. The van der Waals surface area contributed by atoms with E-state index in [0.717, 1.165) is 10.9 Å². The van der Waals surface area contributed by atoms with Crippen molar-refractivity contribution in [2.75, 3.05) is 11.9 Å². The van der Waals surface area contributed by atoms with E-state index in [4.69, 9.17) is 5.11 Å². The molecule has 0 aromatic heterocycles. The first-order valence-corrected chi connectivity index (χ1v) is 6.44. The van der Waals surface area contributed by atoms with Gasteiger partial charge in [-0.3, -0.25) is 9.69 Å². The molecule has 0 unspecified atom stereocenters. The molecular weight excluding hydrogens is 300 g/mol. The predicted octanol–water partition coefficient (Wildman–Crippen LogP) is 2.53. The lowest BCUT2D eigenvalue weighted by atomic mass is 10.2. The van der Waals surface area contributed by atoms with Crippen molar-refractivity contribution in [1.82, 2.24) is 4.90 Å². The third kappa shape index (κ3) is 2.64. The Morgan fingerprint density at radius 2 is 2.11 bits per heavy atom. The number of hydrogen-bond acceptors (Lipinski definition) is 2. The Balaban J connectivity index is 2.08. The van der Waals surface area contributed by atoms with E-state index in [0.29, 0.717) is 18.7 Å². The molecule has 0 aliphatic carbocycles. The van der Waals surface area contributed by atoms with Gasteiger partial charge in [0.1, 0.15) is 6.04 Å². The van der Waals surface area contributed by atoms with Crippen LogP contribution in [0.25, 0.3) is 0 Å². The summed E-state index contributed by atoms with van der Waals surface area (Å²) in [4.78, 5) is 24.2. The maximum Gasteiger partial charge on any atom is 0.407 e. The molecule has 0 radical (unpaired) electrons. The largest absolute Gasteiger partial charge is 0.465 e. The number of carbonyl (C=O) groups is 2. The number of likely N-dealkylation sites (tertiary alicyclic amines) is 1. The Bertz CT molecular complexity index is 478. The number of hydrogen-bond donors (Lipinski definition) is 2. The number of benzene rings is 1. The maximum absolute atomic E-state index is 12.0. The fourth-order valence-corrected chi connectivity index (χ4v) is 2.43. The average molecular weight is 313 g/mol. The first-order chi connectivity index (χ1) is 8.59. The summed E-state index contributed by atoms with van der Waals surface area (Å²) in [7, 11) is 0. The first-order valence-electron chi connectivity index (χ1n) is 5.64. The van der Waals surface area contributed by atoms with Crippen LogP contribution in [0.4, 0.5) is 10.5 Å². The van der Waals surface area contributed by atoms with E-state index in [1.54, 1.807) is 6.07 Å². The summed E-state index contributed by atoms with van der Waals surface area (Å²) in [6.07, 6.45) is 0.253. The highest BCUT2D eigenvalue weighted by atomic mass is 79.9. The molecule has 1 heterocycles. The van der Waals surface area contributed by atoms with Crippen molar-refractivity contribution in [3.63, 3.8) is 0 Å². The highest BCUT2D eigenvalue weighted by Gasteiger charge is 2.34. The molecule has 1 fully saturated rings. The van der Waals surface area contributed by atoms with Gasteiger partial charge in [-0.1, -0.05) is 12.1 Å². The van der Waals surface area contributed by atoms with Crippen LogP contribution in [0.1, 0.15) is 12.8 Å². The van der Waals surface area contributed by atoms with Gasteiger partial charge in [-0.2, -0.15) is 0 Å². The fourth-order valence-electron chi connectivity index (χ4n) is 2.05. The number of halogens is 1. The summed E-state index contributed by atoms with van der Waals surface area (Å²) >= 11 is 3.33. The zero-order valence-electron chi connectivity index (χ0n) is 9.60. The van der Waals surface area contributed by atoms with E-state index in [1.807, 2.05) is 18.2 Å². The molecule has 0 saturated carbocycles. The third-order valence-electron chi connectivity index (χ3n) is 2.93. The van der Waals surface area contributed by atoms with Gasteiger partial charge >= 0.3 is 6.09 Å². The lowest BCUT2D eigenvalue weighted by molar-refractivity contribution is -0.119. The normalized spacial score (nSPS) is 18.7. The molecule has 0 bridgehead atoms. The Kier molecular flexibility index (Phi) is 3.86. The van der Waals surface area contributed by atoms with E-state index in [9.17, 15) is 9.59 Å². The van der Waals surface area contributed by atoms with Crippen LogP contribution < -0.4 is 5.32 Å². The van der Waals surface area contributed by atoms with E-state index < -0.39 is 12.1 Å². The summed E-state index contributed by atoms with van der Waals surface area (Å²) in [5.41, 5.74) is 0.653. The molecule has 0 spiro atoms. The maximum atomic E-state index is 12.0. The minimum Gasteiger partial charge on any atom is -0.465 e. The van der Waals surface area contributed by atoms with Gasteiger partial charge in [0.2, 0.25) is 5.91 Å². The lowest BCUT2D eigenvalue weighted by Gasteiger charge is -2.20. The molecule has 1 aliphatic heterocycles. The summed E-state index contributed by atoms with van der Waals surface area (Å²) < 4.78 is 0.776. The van der Waals surface area contributed by atoms with E-state index >= 15 is 0 Å². The number of nitrogens with zero attached hydrogens (tertiary/aromatic N) is 1. The van der Waals surface area contributed by atoms with Crippen LogP contribution in [-0.2, 0) is 4.79 Å². The molecule has 2 amide bonds. The Morgan fingerprint density at radius 1 is 1.39 bits per heavy atom. The molecule has 1 aliphatic rings. The van der Waals surface area contributed by atoms with Crippen molar-refractivity contribution in [1.29, 1.82) is 0 Å². The quantitative estimate of drug-likeness (QED) is 0.881. The average Bonchev–Trinajstić information content (AvgIpc) is 2.81. The molecule has 18 heavy (non-hydrogen) atoms. The molecule has 96 valence electrons. The summed E-state index contributed by atoms with van der Waals surface area (Å²) in [6, 6.07) is 6.65. The van der Waals surface area contributed by atoms with Crippen LogP contribution in [0, 0.1) is 0 Å². The topological polar surface area (TPSA) is 69.6 Å². The Morgan fingerprint density at radius 3 is 2.78 bits per heavy atom. The van der Waals surface area contributed by atoms with Crippen LogP contribution in [0.15, 0.2) is 28.7 Å². The fraction of sp³-hybridized carbons (Fsp3) is 0.333. The minimum atomic E-state index is -1.04. The van der Waals surface area contributed by atoms with Gasteiger partial charge in [0.05, 0.1) is 5.69 Å². The monoisotopic (exact) mass is 312 g/mol. The SMILES string of the molecule is O=C(Nc1ccccc1Br)[C@H]1CCCN1C(=O)O. The van der Waals surface area contributed by atoms with Crippen molar-refractivity contribution in [2.24, 2.45) is 0 Å². The number of anilines is 1. The second-order valence-corrected chi connectivity index (χ2v) is 4.96. The van der Waals surface area contributed by atoms with Crippen LogP contribution >= 0.6 is 15.9 Å². The summed E-state index contributed by atoms with van der Waals surface area (Å²) in [6.45, 7) is 0.420. The molecule has 6 heteroatoms. The summed E-state index contributed by atoms with van der Waals surface area (Å²) in [5.74, 6) is -0.276. The molecule has 1 aromatic rings. The molecule has 1 aromatic carbocycles. The van der Waals surface area contributed by atoms with Gasteiger partial charge in [-0.05, 0) is 40.9 Å². The van der Waals surface area contributed by atoms with Gasteiger partial charge in [-0.15, -0.1) is 0 Å².